The maximum Gasteiger partial charge on any atom is 0.0302 e. The second kappa shape index (κ2) is 6.03. The van der Waals surface area contributed by atoms with Gasteiger partial charge in [-0.25, -0.2) is 0 Å². The van der Waals surface area contributed by atoms with Gasteiger partial charge in [0.2, 0.25) is 0 Å². The summed E-state index contributed by atoms with van der Waals surface area (Å²) in [5, 5.41) is 0. The first-order valence-electron chi connectivity index (χ1n) is 6.80. The standard InChI is InChI=1S/C15H23N/c1-2-3-5-13-7-9-14(10-8-13)15-6-4-11-16-12-15/h4,6,11-14H,2-3,5,7-10H2,1H3. The molecule has 0 aromatic carbocycles. The quantitative estimate of drug-likeness (QED) is 0.721. The van der Waals surface area contributed by atoms with E-state index < -0.39 is 0 Å². The van der Waals surface area contributed by atoms with Crippen molar-refractivity contribution in [3.05, 3.63) is 30.1 Å². The fourth-order valence-electron chi connectivity index (χ4n) is 2.89. The molecule has 0 atom stereocenters. The molecule has 1 aromatic rings. The van der Waals surface area contributed by atoms with Gasteiger partial charge in [0.05, 0.1) is 0 Å². The second-order valence-electron chi connectivity index (χ2n) is 5.15. The summed E-state index contributed by atoms with van der Waals surface area (Å²) >= 11 is 0. The van der Waals surface area contributed by atoms with Crippen molar-refractivity contribution in [2.45, 2.75) is 57.8 Å². The monoisotopic (exact) mass is 217 g/mol. The van der Waals surface area contributed by atoms with Crippen LogP contribution >= 0.6 is 0 Å². The van der Waals surface area contributed by atoms with Crippen LogP contribution in [0.2, 0.25) is 0 Å². The summed E-state index contributed by atoms with van der Waals surface area (Å²) in [4.78, 5) is 4.23. The predicted octanol–water partition coefficient (Wildman–Crippen LogP) is 4.55. The van der Waals surface area contributed by atoms with E-state index in [0.29, 0.717) is 0 Å². The average molecular weight is 217 g/mol. The maximum absolute atomic E-state index is 4.23. The molecule has 0 unspecified atom stereocenters. The van der Waals surface area contributed by atoms with Crippen LogP contribution in [0.15, 0.2) is 24.5 Å². The lowest BCUT2D eigenvalue weighted by atomic mass is 9.77. The smallest absolute Gasteiger partial charge is 0.0302 e. The first-order valence-corrected chi connectivity index (χ1v) is 6.80. The van der Waals surface area contributed by atoms with E-state index in [0.717, 1.165) is 11.8 Å². The fraction of sp³-hybridized carbons (Fsp3) is 0.667. The molecular weight excluding hydrogens is 194 g/mol. The fourth-order valence-corrected chi connectivity index (χ4v) is 2.89. The van der Waals surface area contributed by atoms with Crippen LogP contribution in [0.4, 0.5) is 0 Å². The molecule has 0 spiro atoms. The minimum absolute atomic E-state index is 0.784. The Morgan fingerprint density at radius 2 is 2.06 bits per heavy atom. The van der Waals surface area contributed by atoms with Gasteiger partial charge in [-0.3, -0.25) is 4.98 Å². The van der Waals surface area contributed by atoms with Crippen molar-refractivity contribution in [3.8, 4) is 0 Å². The van der Waals surface area contributed by atoms with E-state index in [2.05, 4.69) is 30.2 Å². The third-order valence-corrected chi connectivity index (χ3v) is 3.97. The second-order valence-corrected chi connectivity index (χ2v) is 5.15. The normalized spacial score (nSPS) is 25.6. The molecule has 1 aliphatic carbocycles. The number of nitrogens with zero attached hydrogens (tertiary/aromatic N) is 1. The van der Waals surface area contributed by atoms with Crippen molar-refractivity contribution < 1.29 is 0 Å². The number of unbranched alkanes of at least 4 members (excludes halogenated alkanes) is 1. The molecular formula is C15H23N. The minimum atomic E-state index is 0.784. The molecule has 0 saturated heterocycles. The van der Waals surface area contributed by atoms with Gasteiger partial charge >= 0.3 is 0 Å². The van der Waals surface area contributed by atoms with Gasteiger partial charge in [0, 0.05) is 12.4 Å². The van der Waals surface area contributed by atoms with Gasteiger partial charge in [0.15, 0.2) is 0 Å². The molecule has 1 saturated carbocycles. The van der Waals surface area contributed by atoms with Gasteiger partial charge in [-0.05, 0) is 49.1 Å². The number of rotatable bonds is 4. The summed E-state index contributed by atoms with van der Waals surface area (Å²) in [6.45, 7) is 2.29. The highest BCUT2D eigenvalue weighted by Gasteiger charge is 2.21. The SMILES string of the molecule is CCCCC1CCC(c2cccnc2)CC1. The molecule has 88 valence electrons. The predicted molar refractivity (Wildman–Crippen MR) is 68.5 cm³/mol. The van der Waals surface area contributed by atoms with E-state index in [-0.39, 0.29) is 0 Å². The van der Waals surface area contributed by atoms with Gasteiger partial charge in [0.25, 0.3) is 0 Å². The maximum atomic E-state index is 4.23. The molecule has 0 amide bonds. The van der Waals surface area contributed by atoms with E-state index >= 15 is 0 Å². The van der Waals surface area contributed by atoms with E-state index in [1.807, 2.05) is 6.20 Å². The molecule has 1 heterocycles. The summed E-state index contributed by atoms with van der Waals surface area (Å²) in [5.74, 6) is 1.79. The third-order valence-electron chi connectivity index (χ3n) is 3.97. The van der Waals surface area contributed by atoms with Crippen LogP contribution in [0.5, 0.6) is 0 Å². The lowest BCUT2D eigenvalue weighted by molar-refractivity contribution is 0.304. The van der Waals surface area contributed by atoms with Crippen molar-refractivity contribution >= 4 is 0 Å². The Bertz CT molecular complexity index is 286. The first-order chi connectivity index (χ1) is 7.90. The first kappa shape index (κ1) is 11.6. The van der Waals surface area contributed by atoms with Gasteiger partial charge in [-0.15, -0.1) is 0 Å². The van der Waals surface area contributed by atoms with Gasteiger partial charge in [0.1, 0.15) is 0 Å². The highest BCUT2D eigenvalue weighted by Crippen LogP contribution is 2.37. The third kappa shape index (κ3) is 3.07. The molecule has 1 heteroatoms. The summed E-state index contributed by atoms with van der Waals surface area (Å²) in [7, 11) is 0. The Morgan fingerprint density at radius 3 is 2.69 bits per heavy atom. The summed E-state index contributed by atoms with van der Waals surface area (Å²) in [6, 6.07) is 4.31. The summed E-state index contributed by atoms with van der Waals surface area (Å²) in [6.07, 6.45) is 13.8. The molecule has 0 bridgehead atoms. The minimum Gasteiger partial charge on any atom is -0.264 e. The van der Waals surface area contributed by atoms with E-state index in [4.69, 9.17) is 0 Å². The Labute approximate surface area is 99.3 Å². The number of aromatic nitrogens is 1. The molecule has 0 aliphatic heterocycles. The lowest BCUT2D eigenvalue weighted by Crippen LogP contribution is -2.13. The van der Waals surface area contributed by atoms with Crippen molar-refractivity contribution in [1.29, 1.82) is 0 Å². The van der Waals surface area contributed by atoms with Crippen LogP contribution < -0.4 is 0 Å². The number of hydrogen-bond donors (Lipinski definition) is 0. The summed E-state index contributed by atoms with van der Waals surface area (Å²) < 4.78 is 0. The van der Waals surface area contributed by atoms with E-state index in [1.54, 1.807) is 0 Å². The number of hydrogen-bond acceptors (Lipinski definition) is 1. The number of pyridine rings is 1. The van der Waals surface area contributed by atoms with Crippen LogP contribution in [0.25, 0.3) is 0 Å². The Kier molecular flexibility index (Phi) is 4.38. The van der Waals surface area contributed by atoms with Crippen LogP contribution in [0, 0.1) is 5.92 Å². The van der Waals surface area contributed by atoms with Crippen LogP contribution in [0.3, 0.4) is 0 Å². The Morgan fingerprint density at radius 1 is 1.25 bits per heavy atom. The van der Waals surface area contributed by atoms with E-state index in [1.165, 1.54) is 50.5 Å². The molecule has 1 nitrogen and oxygen atoms in total. The van der Waals surface area contributed by atoms with Crippen LogP contribution in [-0.4, -0.2) is 4.98 Å². The van der Waals surface area contributed by atoms with Crippen molar-refractivity contribution in [2.24, 2.45) is 5.92 Å². The zero-order valence-electron chi connectivity index (χ0n) is 10.4. The molecule has 1 aliphatic rings. The van der Waals surface area contributed by atoms with Crippen molar-refractivity contribution in [3.63, 3.8) is 0 Å². The van der Waals surface area contributed by atoms with Gasteiger partial charge < -0.3 is 0 Å². The highest BCUT2D eigenvalue weighted by atomic mass is 14.6. The molecule has 1 aromatic heterocycles. The van der Waals surface area contributed by atoms with Gasteiger partial charge in [-0.2, -0.15) is 0 Å². The van der Waals surface area contributed by atoms with Crippen LogP contribution in [-0.2, 0) is 0 Å². The Balaban J connectivity index is 1.81. The molecule has 16 heavy (non-hydrogen) atoms. The van der Waals surface area contributed by atoms with Gasteiger partial charge in [-0.1, -0.05) is 32.3 Å². The van der Waals surface area contributed by atoms with Crippen molar-refractivity contribution in [1.82, 2.24) is 4.98 Å². The zero-order chi connectivity index (χ0) is 11.2. The Hall–Kier alpha value is -0.850. The largest absolute Gasteiger partial charge is 0.264 e. The molecule has 1 fully saturated rings. The average Bonchev–Trinajstić information content (AvgIpc) is 2.38. The van der Waals surface area contributed by atoms with Crippen LogP contribution in [0.1, 0.15) is 63.4 Å². The van der Waals surface area contributed by atoms with E-state index in [9.17, 15) is 0 Å². The zero-order valence-corrected chi connectivity index (χ0v) is 10.4. The molecule has 0 radical (unpaired) electrons. The van der Waals surface area contributed by atoms with Crippen molar-refractivity contribution in [2.75, 3.05) is 0 Å². The topological polar surface area (TPSA) is 12.9 Å². The molecule has 2 rings (SSSR count). The highest BCUT2D eigenvalue weighted by molar-refractivity contribution is 5.15. The molecule has 0 N–H and O–H groups in total. The summed E-state index contributed by atoms with van der Waals surface area (Å²) in [5.41, 5.74) is 1.46. The lowest BCUT2D eigenvalue weighted by Gasteiger charge is -2.28.